The molecule has 0 unspecified atom stereocenters. The van der Waals surface area contributed by atoms with E-state index in [1.165, 1.54) is 5.56 Å². The number of benzene rings is 2. The van der Waals surface area contributed by atoms with Gasteiger partial charge in [0.05, 0.1) is 0 Å². The van der Waals surface area contributed by atoms with E-state index in [-0.39, 0.29) is 0 Å². The van der Waals surface area contributed by atoms with E-state index < -0.39 is 0 Å². The minimum atomic E-state index is 0.320. The van der Waals surface area contributed by atoms with Gasteiger partial charge in [0.1, 0.15) is 0 Å². The van der Waals surface area contributed by atoms with Gasteiger partial charge in [-0.25, -0.2) is 5.43 Å². The molecule has 0 saturated carbocycles. The van der Waals surface area contributed by atoms with Crippen LogP contribution in [0.4, 0.5) is 0 Å². The minimum Gasteiger partial charge on any atom is -0.369 e. The Kier molecular flexibility index (Phi) is 6.43. The molecule has 0 aromatic heterocycles. The van der Waals surface area contributed by atoms with Crippen LogP contribution in [0.3, 0.4) is 0 Å². The van der Waals surface area contributed by atoms with Gasteiger partial charge in [-0.15, -0.1) is 0 Å². The summed E-state index contributed by atoms with van der Waals surface area (Å²) >= 11 is 0. The molecule has 22 heavy (non-hydrogen) atoms. The van der Waals surface area contributed by atoms with Crippen LogP contribution in [0.2, 0.25) is 0 Å². The van der Waals surface area contributed by atoms with E-state index in [2.05, 4.69) is 27.7 Å². The third-order valence-electron chi connectivity index (χ3n) is 2.95. The van der Waals surface area contributed by atoms with Gasteiger partial charge in [0.15, 0.2) is 0 Å². The standard InChI is InChI=1S/C18H20N4/c19-18(20-15-13-17-10-5-2-6-11-17)22-21-14-7-12-16-8-3-1-4-9-16/h1-12,14H,13,15H2,(H3,19,20,22). The van der Waals surface area contributed by atoms with Crippen molar-refractivity contribution < 1.29 is 0 Å². The Hall–Kier alpha value is -2.88. The average Bonchev–Trinajstić information content (AvgIpc) is 2.56. The van der Waals surface area contributed by atoms with E-state index in [0.29, 0.717) is 12.5 Å². The van der Waals surface area contributed by atoms with Crippen molar-refractivity contribution in [2.45, 2.75) is 6.42 Å². The van der Waals surface area contributed by atoms with Crippen LogP contribution in [-0.4, -0.2) is 18.7 Å². The smallest absolute Gasteiger partial charge is 0.209 e. The number of rotatable bonds is 6. The summed E-state index contributed by atoms with van der Waals surface area (Å²) in [7, 11) is 0. The summed E-state index contributed by atoms with van der Waals surface area (Å²) in [6.45, 7) is 0.637. The molecule has 2 rings (SSSR count). The molecule has 0 heterocycles. The fourth-order valence-corrected chi connectivity index (χ4v) is 1.85. The van der Waals surface area contributed by atoms with Crippen LogP contribution in [0.25, 0.3) is 6.08 Å². The molecule has 0 saturated heterocycles. The Bertz CT molecular complexity index is 631. The Morgan fingerprint density at radius 1 is 1.00 bits per heavy atom. The van der Waals surface area contributed by atoms with Crippen molar-refractivity contribution in [3.8, 4) is 0 Å². The largest absolute Gasteiger partial charge is 0.369 e. The predicted molar refractivity (Wildman–Crippen MR) is 93.7 cm³/mol. The molecular weight excluding hydrogens is 272 g/mol. The summed E-state index contributed by atoms with van der Waals surface area (Å²) in [4.78, 5) is 4.22. The highest BCUT2D eigenvalue weighted by atomic mass is 15.3. The first-order valence-electron chi connectivity index (χ1n) is 7.19. The van der Waals surface area contributed by atoms with Crippen molar-refractivity contribution >= 4 is 18.3 Å². The Balaban J connectivity index is 1.70. The molecular formula is C18H20N4. The molecule has 0 fully saturated rings. The van der Waals surface area contributed by atoms with Crippen LogP contribution in [0.15, 0.2) is 76.8 Å². The van der Waals surface area contributed by atoms with Crippen molar-refractivity contribution in [1.29, 1.82) is 0 Å². The molecule has 3 N–H and O–H groups in total. The minimum absolute atomic E-state index is 0.320. The van der Waals surface area contributed by atoms with Crippen LogP contribution in [-0.2, 0) is 6.42 Å². The molecule has 0 aliphatic carbocycles. The Morgan fingerprint density at radius 2 is 1.68 bits per heavy atom. The zero-order valence-corrected chi connectivity index (χ0v) is 12.4. The van der Waals surface area contributed by atoms with Gasteiger partial charge in [-0.1, -0.05) is 66.7 Å². The summed E-state index contributed by atoms with van der Waals surface area (Å²) in [6.07, 6.45) is 6.32. The highest BCUT2D eigenvalue weighted by Crippen LogP contribution is 2.00. The second kappa shape index (κ2) is 9.13. The molecule has 4 heteroatoms. The number of guanidine groups is 1. The summed E-state index contributed by atoms with van der Waals surface area (Å²) < 4.78 is 0. The predicted octanol–water partition coefficient (Wildman–Crippen LogP) is 2.83. The summed E-state index contributed by atoms with van der Waals surface area (Å²) in [5.74, 6) is 0.320. The van der Waals surface area contributed by atoms with Gasteiger partial charge >= 0.3 is 0 Å². The van der Waals surface area contributed by atoms with Crippen molar-refractivity contribution in [2.24, 2.45) is 15.8 Å². The molecule has 0 spiro atoms. The number of nitrogens with zero attached hydrogens (tertiary/aromatic N) is 2. The van der Waals surface area contributed by atoms with Crippen LogP contribution < -0.4 is 11.2 Å². The van der Waals surface area contributed by atoms with Crippen LogP contribution in [0.5, 0.6) is 0 Å². The third-order valence-corrected chi connectivity index (χ3v) is 2.95. The average molecular weight is 292 g/mol. The topological polar surface area (TPSA) is 62.8 Å². The summed E-state index contributed by atoms with van der Waals surface area (Å²) in [5.41, 5.74) is 10.8. The zero-order valence-electron chi connectivity index (χ0n) is 12.4. The van der Waals surface area contributed by atoms with Gasteiger partial charge in [0.25, 0.3) is 0 Å². The number of nitrogens with two attached hydrogens (primary N) is 1. The van der Waals surface area contributed by atoms with Crippen LogP contribution in [0.1, 0.15) is 11.1 Å². The quantitative estimate of drug-likeness (QED) is 0.488. The number of aliphatic imine (C=N–C) groups is 1. The normalized spacial score (nSPS) is 12.1. The van der Waals surface area contributed by atoms with E-state index >= 15 is 0 Å². The number of hydrogen-bond acceptors (Lipinski definition) is 2. The summed E-state index contributed by atoms with van der Waals surface area (Å²) in [6, 6.07) is 20.2. The zero-order chi connectivity index (χ0) is 15.5. The monoisotopic (exact) mass is 292 g/mol. The number of nitrogens with one attached hydrogen (secondary N) is 1. The lowest BCUT2D eigenvalue weighted by atomic mass is 10.2. The lowest BCUT2D eigenvalue weighted by Crippen LogP contribution is -2.27. The first-order chi connectivity index (χ1) is 10.8. The highest BCUT2D eigenvalue weighted by Gasteiger charge is 1.91. The van der Waals surface area contributed by atoms with Gasteiger partial charge in [0.2, 0.25) is 5.96 Å². The molecule has 2 aromatic rings. The molecule has 0 aliphatic heterocycles. The summed E-state index contributed by atoms with van der Waals surface area (Å²) in [5, 5.41) is 3.99. The molecule has 0 bridgehead atoms. The molecule has 0 radical (unpaired) electrons. The maximum Gasteiger partial charge on any atom is 0.209 e. The van der Waals surface area contributed by atoms with Gasteiger partial charge in [-0.2, -0.15) is 5.10 Å². The number of allylic oxidation sites excluding steroid dienone is 1. The number of hydrazone groups is 1. The molecule has 0 atom stereocenters. The molecule has 2 aromatic carbocycles. The van der Waals surface area contributed by atoms with E-state index in [0.717, 1.165) is 12.0 Å². The SMILES string of the molecule is NC(=NCCc1ccccc1)NN=CC=Cc1ccccc1. The second-order valence-electron chi connectivity index (χ2n) is 4.66. The van der Waals surface area contributed by atoms with Gasteiger partial charge in [-0.3, -0.25) is 4.99 Å². The molecule has 112 valence electrons. The van der Waals surface area contributed by atoms with E-state index in [4.69, 9.17) is 5.73 Å². The maximum absolute atomic E-state index is 5.73. The Labute approximate surface area is 131 Å². The molecule has 4 nitrogen and oxygen atoms in total. The fraction of sp³-hybridized carbons (Fsp3) is 0.111. The second-order valence-corrected chi connectivity index (χ2v) is 4.66. The van der Waals surface area contributed by atoms with E-state index in [1.807, 2.05) is 60.7 Å². The third kappa shape index (κ3) is 6.05. The van der Waals surface area contributed by atoms with Gasteiger partial charge in [0, 0.05) is 12.8 Å². The van der Waals surface area contributed by atoms with Gasteiger partial charge < -0.3 is 5.73 Å². The lowest BCUT2D eigenvalue weighted by molar-refractivity contribution is 0.926. The first kappa shape index (κ1) is 15.5. The Morgan fingerprint density at radius 3 is 2.41 bits per heavy atom. The first-order valence-corrected chi connectivity index (χ1v) is 7.19. The van der Waals surface area contributed by atoms with Crippen molar-refractivity contribution in [3.05, 3.63) is 77.9 Å². The molecule has 0 aliphatic rings. The van der Waals surface area contributed by atoms with Crippen molar-refractivity contribution in [3.63, 3.8) is 0 Å². The van der Waals surface area contributed by atoms with Crippen molar-refractivity contribution in [2.75, 3.05) is 6.54 Å². The molecule has 0 amide bonds. The van der Waals surface area contributed by atoms with E-state index in [9.17, 15) is 0 Å². The van der Waals surface area contributed by atoms with Crippen LogP contribution in [0, 0.1) is 0 Å². The fourth-order valence-electron chi connectivity index (χ4n) is 1.85. The van der Waals surface area contributed by atoms with Gasteiger partial charge in [-0.05, 0) is 23.6 Å². The van der Waals surface area contributed by atoms with Crippen LogP contribution >= 0.6 is 0 Å². The highest BCUT2D eigenvalue weighted by molar-refractivity contribution is 5.82. The van der Waals surface area contributed by atoms with E-state index in [1.54, 1.807) is 6.21 Å². The number of hydrogen-bond donors (Lipinski definition) is 2. The van der Waals surface area contributed by atoms with Crippen molar-refractivity contribution in [1.82, 2.24) is 5.43 Å². The lowest BCUT2D eigenvalue weighted by Gasteiger charge is -2.00. The maximum atomic E-state index is 5.73.